The van der Waals surface area contributed by atoms with Gasteiger partial charge in [0.15, 0.2) is 0 Å². The van der Waals surface area contributed by atoms with E-state index in [4.69, 9.17) is 15.2 Å². The van der Waals surface area contributed by atoms with Crippen LogP contribution in [0.3, 0.4) is 0 Å². The van der Waals surface area contributed by atoms with Crippen molar-refractivity contribution in [2.75, 3.05) is 12.8 Å². The number of ether oxygens (including phenoxy) is 2. The fourth-order valence-electron chi connectivity index (χ4n) is 1.17. The lowest BCUT2D eigenvalue weighted by molar-refractivity contribution is 0.409. The number of hydrogen-bond acceptors (Lipinski definition) is 5. The third-order valence-electron chi connectivity index (χ3n) is 1.99. The van der Waals surface area contributed by atoms with Gasteiger partial charge in [-0.25, -0.2) is 9.97 Å². The van der Waals surface area contributed by atoms with Gasteiger partial charge in [-0.1, -0.05) is 0 Å². The van der Waals surface area contributed by atoms with Crippen molar-refractivity contribution < 1.29 is 9.47 Å². The third kappa shape index (κ3) is 2.85. The number of nitrogen functional groups attached to an aromatic ring is 1. The van der Waals surface area contributed by atoms with Gasteiger partial charge in [0.2, 0.25) is 0 Å². The molecule has 17 heavy (non-hydrogen) atoms. The molecule has 0 aliphatic rings. The van der Waals surface area contributed by atoms with Gasteiger partial charge in [0, 0.05) is 0 Å². The normalized spacial score (nSPS) is 10.0. The molecular formula is C11H10BrN3O2. The molecule has 0 fully saturated rings. The summed E-state index contributed by atoms with van der Waals surface area (Å²) in [5.74, 6) is 1.35. The molecule has 0 saturated heterocycles. The molecule has 1 aromatic heterocycles. The van der Waals surface area contributed by atoms with E-state index in [1.165, 1.54) is 12.4 Å². The minimum Gasteiger partial charge on any atom is -0.497 e. The molecule has 6 heteroatoms. The van der Waals surface area contributed by atoms with Gasteiger partial charge in [-0.2, -0.15) is 0 Å². The molecule has 0 atom stereocenters. The Hall–Kier alpha value is -1.82. The highest BCUT2D eigenvalue weighted by Crippen LogP contribution is 2.31. The van der Waals surface area contributed by atoms with Crippen LogP contribution in [0.2, 0.25) is 0 Å². The maximum atomic E-state index is 5.48. The van der Waals surface area contributed by atoms with Crippen LogP contribution < -0.4 is 15.2 Å². The van der Waals surface area contributed by atoms with Crippen molar-refractivity contribution in [3.05, 3.63) is 35.1 Å². The molecule has 0 amide bonds. The molecule has 1 aromatic carbocycles. The van der Waals surface area contributed by atoms with Gasteiger partial charge in [0.1, 0.15) is 11.5 Å². The average Bonchev–Trinajstić information content (AvgIpc) is 2.34. The van der Waals surface area contributed by atoms with Gasteiger partial charge in [-0.15, -0.1) is 0 Å². The number of methoxy groups -OCH3 is 1. The van der Waals surface area contributed by atoms with Crippen LogP contribution in [0.5, 0.6) is 17.5 Å². The van der Waals surface area contributed by atoms with Crippen molar-refractivity contribution >= 4 is 21.6 Å². The highest BCUT2D eigenvalue weighted by Gasteiger charge is 2.06. The lowest BCUT2D eigenvalue weighted by atomic mass is 10.3. The molecule has 0 unspecified atom stereocenters. The zero-order valence-corrected chi connectivity index (χ0v) is 10.6. The maximum Gasteiger partial charge on any atom is 0.322 e. The summed E-state index contributed by atoms with van der Waals surface area (Å²) >= 11 is 3.37. The Morgan fingerprint density at radius 2 is 1.94 bits per heavy atom. The smallest absolute Gasteiger partial charge is 0.322 e. The van der Waals surface area contributed by atoms with E-state index in [0.29, 0.717) is 11.4 Å². The lowest BCUT2D eigenvalue weighted by Gasteiger charge is -2.07. The van der Waals surface area contributed by atoms with E-state index in [1.54, 1.807) is 25.3 Å². The van der Waals surface area contributed by atoms with Crippen molar-refractivity contribution in [2.24, 2.45) is 0 Å². The Labute approximate surface area is 107 Å². The van der Waals surface area contributed by atoms with E-state index in [-0.39, 0.29) is 6.01 Å². The van der Waals surface area contributed by atoms with Crippen LogP contribution in [0.4, 0.5) is 5.69 Å². The fraction of sp³-hybridized carbons (Fsp3) is 0.0909. The van der Waals surface area contributed by atoms with E-state index in [1.807, 2.05) is 0 Å². The first-order valence-electron chi connectivity index (χ1n) is 4.78. The van der Waals surface area contributed by atoms with E-state index in [0.717, 1.165) is 10.2 Å². The minimum atomic E-state index is 0.241. The van der Waals surface area contributed by atoms with Crippen LogP contribution in [0.25, 0.3) is 0 Å². The molecule has 2 rings (SSSR count). The third-order valence-corrected chi connectivity index (χ3v) is 2.61. The average molecular weight is 296 g/mol. The first-order chi connectivity index (χ1) is 8.19. The van der Waals surface area contributed by atoms with Gasteiger partial charge >= 0.3 is 6.01 Å². The van der Waals surface area contributed by atoms with Crippen LogP contribution in [0, 0.1) is 0 Å². The molecule has 0 aliphatic carbocycles. The first kappa shape index (κ1) is 11.7. The predicted molar refractivity (Wildman–Crippen MR) is 67.2 cm³/mol. The quantitative estimate of drug-likeness (QED) is 0.942. The van der Waals surface area contributed by atoms with Gasteiger partial charge < -0.3 is 15.2 Å². The van der Waals surface area contributed by atoms with Crippen LogP contribution in [-0.4, -0.2) is 17.1 Å². The van der Waals surface area contributed by atoms with E-state index >= 15 is 0 Å². The number of rotatable bonds is 3. The van der Waals surface area contributed by atoms with Crippen LogP contribution in [-0.2, 0) is 0 Å². The second-order valence-electron chi connectivity index (χ2n) is 3.20. The van der Waals surface area contributed by atoms with Crippen LogP contribution >= 0.6 is 15.9 Å². The predicted octanol–water partition coefficient (Wildman–Crippen LogP) is 2.62. The molecule has 2 N–H and O–H groups in total. The summed E-state index contributed by atoms with van der Waals surface area (Å²) in [4.78, 5) is 7.89. The maximum absolute atomic E-state index is 5.48. The van der Waals surface area contributed by atoms with Crippen LogP contribution in [0.1, 0.15) is 0 Å². The number of aromatic nitrogens is 2. The topological polar surface area (TPSA) is 70.3 Å². The monoisotopic (exact) mass is 295 g/mol. The van der Waals surface area contributed by atoms with E-state index in [9.17, 15) is 0 Å². The van der Waals surface area contributed by atoms with Gasteiger partial charge in [0.05, 0.1) is 29.7 Å². The Bertz CT molecular complexity index is 517. The molecule has 88 valence electrons. The summed E-state index contributed by atoms with van der Waals surface area (Å²) in [7, 11) is 1.60. The molecule has 5 nitrogen and oxygen atoms in total. The molecule has 1 heterocycles. The van der Waals surface area contributed by atoms with Gasteiger partial charge in [-0.05, 0) is 34.1 Å². The van der Waals surface area contributed by atoms with Crippen molar-refractivity contribution in [3.63, 3.8) is 0 Å². The summed E-state index contributed by atoms with van der Waals surface area (Å²) in [6, 6.07) is 5.59. The summed E-state index contributed by atoms with van der Waals surface area (Å²) < 4.78 is 11.3. The second kappa shape index (κ2) is 5.01. The van der Waals surface area contributed by atoms with Gasteiger partial charge in [-0.3, -0.25) is 0 Å². The molecule has 0 saturated carbocycles. The summed E-state index contributed by atoms with van der Waals surface area (Å²) in [6.07, 6.45) is 2.97. The highest BCUT2D eigenvalue weighted by molar-refractivity contribution is 9.10. The van der Waals surface area contributed by atoms with Crippen molar-refractivity contribution in [1.29, 1.82) is 0 Å². The Kier molecular flexibility index (Phi) is 3.43. The highest BCUT2D eigenvalue weighted by atomic mass is 79.9. The number of anilines is 1. The molecular weight excluding hydrogens is 286 g/mol. The van der Waals surface area contributed by atoms with E-state index < -0.39 is 0 Å². The molecule has 0 aliphatic heterocycles. The van der Waals surface area contributed by atoms with Crippen molar-refractivity contribution in [1.82, 2.24) is 9.97 Å². The molecule has 0 bridgehead atoms. The fourth-order valence-corrected chi connectivity index (χ4v) is 1.61. The number of nitrogens with two attached hydrogens (primary N) is 1. The SMILES string of the molecule is COc1ccc(Oc2ncc(N)cn2)c(Br)c1. The Morgan fingerprint density at radius 3 is 2.53 bits per heavy atom. The lowest BCUT2D eigenvalue weighted by Crippen LogP contribution is -1.94. The Balaban J connectivity index is 2.21. The Morgan fingerprint density at radius 1 is 1.24 bits per heavy atom. The number of halogens is 1. The standard InChI is InChI=1S/C11H10BrN3O2/c1-16-8-2-3-10(9(12)4-8)17-11-14-5-7(13)6-15-11/h2-6H,13H2,1H3. The summed E-state index contributed by atoms with van der Waals surface area (Å²) in [5, 5.41) is 0. The second-order valence-corrected chi connectivity index (χ2v) is 4.05. The number of benzene rings is 1. The van der Waals surface area contributed by atoms with Gasteiger partial charge in [0.25, 0.3) is 0 Å². The summed E-state index contributed by atoms with van der Waals surface area (Å²) in [5.41, 5.74) is 5.97. The molecule has 0 spiro atoms. The number of hydrogen-bond donors (Lipinski definition) is 1. The summed E-state index contributed by atoms with van der Waals surface area (Å²) in [6.45, 7) is 0. The number of nitrogens with zero attached hydrogens (tertiary/aromatic N) is 2. The zero-order valence-electron chi connectivity index (χ0n) is 9.05. The molecule has 0 radical (unpaired) electrons. The van der Waals surface area contributed by atoms with Crippen molar-refractivity contribution in [3.8, 4) is 17.5 Å². The minimum absolute atomic E-state index is 0.241. The van der Waals surface area contributed by atoms with Crippen molar-refractivity contribution in [2.45, 2.75) is 0 Å². The van der Waals surface area contributed by atoms with Crippen LogP contribution in [0.15, 0.2) is 35.1 Å². The first-order valence-corrected chi connectivity index (χ1v) is 5.57. The zero-order chi connectivity index (χ0) is 12.3. The van der Waals surface area contributed by atoms with E-state index in [2.05, 4.69) is 25.9 Å². The largest absolute Gasteiger partial charge is 0.497 e. The molecule has 2 aromatic rings.